The Hall–Kier alpha value is -2.41. The smallest absolute Gasteiger partial charge is 0.317 e. The van der Waals surface area contributed by atoms with E-state index in [4.69, 9.17) is 5.11 Å². The van der Waals surface area contributed by atoms with Crippen LogP contribution < -0.4 is 10.9 Å². The third-order valence-electron chi connectivity index (χ3n) is 3.10. The summed E-state index contributed by atoms with van der Waals surface area (Å²) in [4.78, 5) is 35.8. The molecule has 0 heterocycles. The van der Waals surface area contributed by atoms with Gasteiger partial charge in [-0.2, -0.15) is 0 Å². The van der Waals surface area contributed by atoms with Gasteiger partial charge >= 0.3 is 5.97 Å². The first-order valence-corrected chi connectivity index (χ1v) is 6.66. The summed E-state index contributed by atoms with van der Waals surface area (Å²) in [6, 6.07) is 8.63. The van der Waals surface area contributed by atoms with Gasteiger partial charge < -0.3 is 5.11 Å². The second-order valence-electron chi connectivity index (χ2n) is 4.90. The van der Waals surface area contributed by atoms with E-state index in [2.05, 4.69) is 10.9 Å². The normalized spacial score (nSPS) is 13.8. The Bertz CT molecular complexity index is 528. The number of amides is 2. The highest BCUT2D eigenvalue weighted by atomic mass is 16.4. The maximum atomic E-state index is 11.7. The number of carboxylic acid groups (broad SMARTS) is 1. The molecule has 1 aromatic carbocycles. The molecule has 112 valence electrons. The van der Waals surface area contributed by atoms with Crippen LogP contribution in [-0.4, -0.2) is 46.9 Å². The van der Waals surface area contributed by atoms with E-state index in [1.807, 2.05) is 0 Å². The average Bonchev–Trinajstić information content (AvgIpc) is 3.29. The molecule has 1 aliphatic carbocycles. The van der Waals surface area contributed by atoms with Crippen molar-refractivity contribution < 1.29 is 19.5 Å². The zero-order valence-corrected chi connectivity index (χ0v) is 11.4. The number of hydrogen-bond acceptors (Lipinski definition) is 4. The summed E-state index contributed by atoms with van der Waals surface area (Å²) in [5, 5.41) is 8.80. The monoisotopic (exact) mass is 291 g/mol. The Labute approximate surface area is 121 Å². The van der Waals surface area contributed by atoms with Gasteiger partial charge in [0.2, 0.25) is 0 Å². The van der Waals surface area contributed by atoms with E-state index in [1.165, 1.54) is 0 Å². The summed E-state index contributed by atoms with van der Waals surface area (Å²) in [6.45, 7) is -0.225. The van der Waals surface area contributed by atoms with Gasteiger partial charge in [0.1, 0.15) is 0 Å². The van der Waals surface area contributed by atoms with E-state index in [1.54, 1.807) is 35.2 Å². The molecular formula is C14H17N3O4. The van der Waals surface area contributed by atoms with Crippen LogP contribution in [0.15, 0.2) is 30.3 Å². The summed E-state index contributed by atoms with van der Waals surface area (Å²) in [5.74, 6) is -1.82. The topological polar surface area (TPSA) is 98.7 Å². The lowest BCUT2D eigenvalue weighted by atomic mass is 10.2. The van der Waals surface area contributed by atoms with Crippen molar-refractivity contribution in [3.8, 4) is 0 Å². The molecule has 1 saturated carbocycles. The number of nitrogens with zero attached hydrogens (tertiary/aromatic N) is 1. The van der Waals surface area contributed by atoms with Crippen molar-refractivity contribution in [3.63, 3.8) is 0 Å². The Morgan fingerprint density at radius 3 is 2.33 bits per heavy atom. The number of nitrogens with one attached hydrogen (secondary N) is 2. The van der Waals surface area contributed by atoms with E-state index < -0.39 is 17.8 Å². The quantitative estimate of drug-likeness (QED) is 0.641. The minimum Gasteiger partial charge on any atom is -0.480 e. The first-order chi connectivity index (χ1) is 10.1. The van der Waals surface area contributed by atoms with Crippen molar-refractivity contribution in [2.75, 3.05) is 13.1 Å². The summed E-state index contributed by atoms with van der Waals surface area (Å²) < 4.78 is 0. The lowest BCUT2D eigenvalue weighted by Gasteiger charge is -2.19. The van der Waals surface area contributed by atoms with Gasteiger partial charge in [-0.1, -0.05) is 18.2 Å². The molecule has 0 unspecified atom stereocenters. The number of aliphatic carboxylic acids is 1. The predicted molar refractivity (Wildman–Crippen MR) is 74.3 cm³/mol. The van der Waals surface area contributed by atoms with Gasteiger partial charge in [-0.25, -0.2) is 0 Å². The molecule has 2 amide bonds. The standard InChI is InChI=1S/C14H17N3O4/c18-12(8-17(9-13(19)20)11-6-7-11)15-16-14(21)10-4-2-1-3-5-10/h1-5,11H,6-9H2,(H,15,18)(H,16,21)(H,19,20). The number of hydrazine groups is 1. The SMILES string of the molecule is O=C(O)CN(CC(=O)NNC(=O)c1ccccc1)C1CC1. The van der Waals surface area contributed by atoms with Crippen molar-refractivity contribution in [1.82, 2.24) is 15.8 Å². The van der Waals surface area contributed by atoms with Crippen LogP contribution in [0.5, 0.6) is 0 Å². The van der Waals surface area contributed by atoms with Gasteiger partial charge in [-0.3, -0.25) is 30.1 Å². The van der Waals surface area contributed by atoms with E-state index in [-0.39, 0.29) is 19.1 Å². The zero-order valence-electron chi connectivity index (χ0n) is 11.4. The number of rotatable bonds is 6. The molecule has 3 N–H and O–H groups in total. The van der Waals surface area contributed by atoms with Crippen molar-refractivity contribution >= 4 is 17.8 Å². The molecule has 7 nitrogen and oxygen atoms in total. The predicted octanol–water partition coefficient (Wildman–Crippen LogP) is -0.00340. The second-order valence-corrected chi connectivity index (χ2v) is 4.90. The molecule has 0 aromatic heterocycles. The van der Waals surface area contributed by atoms with Crippen LogP contribution in [0.3, 0.4) is 0 Å². The van der Waals surface area contributed by atoms with Crippen LogP contribution in [0.25, 0.3) is 0 Å². The highest BCUT2D eigenvalue weighted by Gasteiger charge is 2.31. The number of carbonyl (C=O) groups is 3. The van der Waals surface area contributed by atoms with Gasteiger partial charge in [-0.15, -0.1) is 0 Å². The minimum absolute atomic E-state index is 0.0496. The van der Waals surface area contributed by atoms with Crippen LogP contribution in [0, 0.1) is 0 Å². The minimum atomic E-state index is -0.969. The fourth-order valence-corrected chi connectivity index (χ4v) is 1.94. The molecule has 1 fully saturated rings. The summed E-state index contributed by atoms with van der Waals surface area (Å²) >= 11 is 0. The lowest BCUT2D eigenvalue weighted by Crippen LogP contribution is -2.47. The fourth-order valence-electron chi connectivity index (χ4n) is 1.94. The van der Waals surface area contributed by atoms with E-state index in [0.717, 1.165) is 12.8 Å². The zero-order chi connectivity index (χ0) is 15.2. The fraction of sp³-hybridized carbons (Fsp3) is 0.357. The van der Waals surface area contributed by atoms with Gasteiger partial charge in [0, 0.05) is 11.6 Å². The van der Waals surface area contributed by atoms with E-state index in [0.29, 0.717) is 5.56 Å². The van der Waals surface area contributed by atoms with Gasteiger partial charge in [0.15, 0.2) is 0 Å². The van der Waals surface area contributed by atoms with Crippen LogP contribution in [0.4, 0.5) is 0 Å². The van der Waals surface area contributed by atoms with Crippen LogP contribution in [0.2, 0.25) is 0 Å². The van der Waals surface area contributed by atoms with E-state index in [9.17, 15) is 14.4 Å². The third-order valence-corrected chi connectivity index (χ3v) is 3.10. The highest BCUT2D eigenvalue weighted by Crippen LogP contribution is 2.26. The Kier molecular flexibility index (Phi) is 4.89. The molecule has 2 rings (SSSR count). The molecule has 0 saturated heterocycles. The van der Waals surface area contributed by atoms with Crippen LogP contribution >= 0.6 is 0 Å². The molecule has 0 spiro atoms. The number of benzene rings is 1. The maximum absolute atomic E-state index is 11.7. The molecule has 0 bridgehead atoms. The van der Waals surface area contributed by atoms with Gasteiger partial charge in [-0.05, 0) is 25.0 Å². The second kappa shape index (κ2) is 6.85. The van der Waals surface area contributed by atoms with Crippen molar-refractivity contribution in [2.45, 2.75) is 18.9 Å². The molecule has 0 radical (unpaired) electrons. The molecule has 1 aliphatic rings. The van der Waals surface area contributed by atoms with E-state index >= 15 is 0 Å². The molecule has 0 atom stereocenters. The first kappa shape index (κ1) is 15.0. The number of carboxylic acids is 1. The summed E-state index contributed by atoms with van der Waals surface area (Å²) in [5.41, 5.74) is 5.03. The van der Waals surface area contributed by atoms with Gasteiger partial charge in [0.05, 0.1) is 13.1 Å². The van der Waals surface area contributed by atoms with Crippen molar-refractivity contribution in [1.29, 1.82) is 0 Å². The van der Waals surface area contributed by atoms with Crippen molar-refractivity contribution in [3.05, 3.63) is 35.9 Å². The average molecular weight is 291 g/mol. The first-order valence-electron chi connectivity index (χ1n) is 6.66. The number of carbonyl (C=O) groups excluding carboxylic acids is 2. The third kappa shape index (κ3) is 4.88. The number of hydrogen-bond donors (Lipinski definition) is 3. The van der Waals surface area contributed by atoms with Crippen LogP contribution in [-0.2, 0) is 9.59 Å². The molecular weight excluding hydrogens is 274 g/mol. The van der Waals surface area contributed by atoms with Crippen molar-refractivity contribution in [2.24, 2.45) is 0 Å². The van der Waals surface area contributed by atoms with Crippen LogP contribution in [0.1, 0.15) is 23.2 Å². The lowest BCUT2D eigenvalue weighted by molar-refractivity contribution is -0.139. The maximum Gasteiger partial charge on any atom is 0.317 e. The van der Waals surface area contributed by atoms with Gasteiger partial charge in [0.25, 0.3) is 11.8 Å². The molecule has 0 aliphatic heterocycles. The Morgan fingerprint density at radius 1 is 1.10 bits per heavy atom. The molecule has 7 heteroatoms. The molecule has 1 aromatic rings. The Balaban J connectivity index is 1.78. The largest absolute Gasteiger partial charge is 0.480 e. The highest BCUT2D eigenvalue weighted by molar-refractivity contribution is 5.95. The Morgan fingerprint density at radius 2 is 1.76 bits per heavy atom. The summed E-state index contributed by atoms with van der Waals surface area (Å²) in [7, 11) is 0. The summed E-state index contributed by atoms with van der Waals surface area (Å²) in [6.07, 6.45) is 1.80. The molecule has 21 heavy (non-hydrogen) atoms.